The number of carbonyl (C=O) groups excluding carboxylic acids is 1. The molecule has 4 N–H and O–H groups in total. The molecule has 2 rings (SSSR count). The topological polar surface area (TPSA) is 124 Å². The van der Waals surface area contributed by atoms with E-state index in [9.17, 15) is 4.79 Å². The largest absolute Gasteiger partial charge is 0.343 e. The Kier molecular flexibility index (Phi) is 3.44. The van der Waals surface area contributed by atoms with Crippen molar-refractivity contribution in [2.75, 3.05) is 5.43 Å². The molecule has 9 heteroatoms. The molecule has 0 bridgehead atoms. The van der Waals surface area contributed by atoms with E-state index in [2.05, 4.69) is 30.9 Å². The van der Waals surface area contributed by atoms with Crippen molar-refractivity contribution in [2.45, 2.75) is 6.54 Å². The summed E-state index contributed by atoms with van der Waals surface area (Å²) in [6.45, 7) is 0.261. The Labute approximate surface area is 102 Å². The zero-order chi connectivity index (χ0) is 13.0. The highest BCUT2D eigenvalue weighted by atomic mass is 16.1. The second kappa shape index (κ2) is 5.19. The first kappa shape index (κ1) is 11.9. The van der Waals surface area contributed by atoms with Crippen LogP contribution < -0.4 is 16.6 Å². The third-order valence-electron chi connectivity index (χ3n) is 2.23. The lowest BCUT2D eigenvalue weighted by molar-refractivity contribution is 0.0944. The van der Waals surface area contributed by atoms with Crippen molar-refractivity contribution >= 4 is 11.7 Å². The van der Waals surface area contributed by atoms with E-state index in [1.165, 1.54) is 12.4 Å². The van der Waals surface area contributed by atoms with Crippen LogP contribution in [0.15, 0.2) is 18.7 Å². The molecule has 1 amide bonds. The van der Waals surface area contributed by atoms with Gasteiger partial charge in [-0.15, -0.1) is 10.2 Å². The predicted octanol–water partition coefficient (Wildman–Crippen LogP) is -1.18. The van der Waals surface area contributed by atoms with Crippen molar-refractivity contribution in [1.29, 1.82) is 0 Å². The number of amides is 1. The van der Waals surface area contributed by atoms with Crippen LogP contribution in [-0.2, 0) is 13.6 Å². The molecule has 18 heavy (non-hydrogen) atoms. The summed E-state index contributed by atoms with van der Waals surface area (Å²) < 4.78 is 1.71. The van der Waals surface area contributed by atoms with Crippen LogP contribution in [0.2, 0.25) is 0 Å². The van der Waals surface area contributed by atoms with Gasteiger partial charge in [0.15, 0.2) is 11.6 Å². The molecule has 0 saturated heterocycles. The van der Waals surface area contributed by atoms with E-state index in [4.69, 9.17) is 5.84 Å². The maximum atomic E-state index is 11.8. The normalized spacial score (nSPS) is 10.1. The Morgan fingerprint density at radius 1 is 1.50 bits per heavy atom. The summed E-state index contributed by atoms with van der Waals surface area (Å²) in [7, 11) is 1.79. The standard InChI is InChI=1S/C9H12N8O/c1-17-5-13-16-8(17)4-12-9(18)6-2-11-3-7(14-6)15-10/h2-3,5H,4,10H2,1H3,(H,12,18)(H,14,15). The molecule has 0 spiro atoms. The Bertz CT molecular complexity index is 551. The number of aryl methyl sites for hydroxylation is 1. The van der Waals surface area contributed by atoms with Gasteiger partial charge in [-0.2, -0.15) is 0 Å². The first-order valence-electron chi connectivity index (χ1n) is 5.10. The van der Waals surface area contributed by atoms with Gasteiger partial charge in [-0.3, -0.25) is 9.78 Å². The van der Waals surface area contributed by atoms with Gasteiger partial charge in [0.1, 0.15) is 12.0 Å². The lowest BCUT2D eigenvalue weighted by atomic mass is 10.4. The minimum atomic E-state index is -0.359. The zero-order valence-electron chi connectivity index (χ0n) is 9.66. The Morgan fingerprint density at radius 3 is 3.00 bits per heavy atom. The smallest absolute Gasteiger partial charge is 0.271 e. The fourth-order valence-corrected chi connectivity index (χ4v) is 1.26. The minimum absolute atomic E-state index is 0.174. The molecule has 2 aromatic rings. The van der Waals surface area contributed by atoms with Crippen LogP contribution in [-0.4, -0.2) is 30.6 Å². The Hall–Kier alpha value is -2.55. The van der Waals surface area contributed by atoms with Crippen LogP contribution in [0.4, 0.5) is 5.82 Å². The summed E-state index contributed by atoms with van der Waals surface area (Å²) in [4.78, 5) is 19.6. The van der Waals surface area contributed by atoms with Gasteiger partial charge in [0.25, 0.3) is 5.91 Å². The molecule has 0 aliphatic heterocycles. The van der Waals surface area contributed by atoms with Crippen molar-refractivity contribution in [3.63, 3.8) is 0 Å². The Morgan fingerprint density at radius 2 is 2.33 bits per heavy atom. The number of aromatic nitrogens is 5. The van der Waals surface area contributed by atoms with Gasteiger partial charge in [-0.1, -0.05) is 0 Å². The molecule has 94 valence electrons. The quantitative estimate of drug-likeness (QED) is 0.459. The number of nitrogens with two attached hydrogens (primary N) is 1. The molecule has 2 aromatic heterocycles. The molecule has 0 aliphatic rings. The van der Waals surface area contributed by atoms with Crippen LogP contribution >= 0.6 is 0 Å². The molecule has 0 radical (unpaired) electrons. The molecular formula is C9H12N8O. The minimum Gasteiger partial charge on any atom is -0.343 e. The van der Waals surface area contributed by atoms with Crippen molar-refractivity contribution < 1.29 is 4.79 Å². The molecule has 0 aliphatic carbocycles. The number of hydrogen-bond acceptors (Lipinski definition) is 7. The zero-order valence-corrected chi connectivity index (χ0v) is 9.66. The lowest BCUT2D eigenvalue weighted by Crippen LogP contribution is -2.26. The lowest BCUT2D eigenvalue weighted by Gasteiger charge is -2.05. The van der Waals surface area contributed by atoms with Crippen molar-refractivity contribution in [3.05, 3.63) is 30.2 Å². The molecule has 0 atom stereocenters. The second-order valence-electron chi connectivity index (χ2n) is 3.47. The van der Waals surface area contributed by atoms with E-state index in [0.717, 1.165) is 0 Å². The van der Waals surface area contributed by atoms with Gasteiger partial charge < -0.3 is 15.3 Å². The third-order valence-corrected chi connectivity index (χ3v) is 2.23. The number of carbonyl (C=O) groups is 1. The first-order valence-corrected chi connectivity index (χ1v) is 5.10. The van der Waals surface area contributed by atoms with Crippen molar-refractivity contribution in [1.82, 2.24) is 30.0 Å². The molecule has 0 aromatic carbocycles. The van der Waals surface area contributed by atoms with Crippen LogP contribution in [0, 0.1) is 0 Å². The average molecular weight is 248 g/mol. The van der Waals surface area contributed by atoms with Crippen LogP contribution in [0.5, 0.6) is 0 Å². The fraction of sp³-hybridized carbons (Fsp3) is 0.222. The summed E-state index contributed by atoms with van der Waals surface area (Å²) in [5, 5.41) is 10.2. The highest BCUT2D eigenvalue weighted by molar-refractivity contribution is 5.92. The SMILES string of the molecule is Cn1cnnc1CNC(=O)c1cncc(NN)n1. The predicted molar refractivity (Wildman–Crippen MR) is 62.0 cm³/mol. The number of nitrogen functional groups attached to an aromatic ring is 1. The summed E-state index contributed by atoms with van der Waals surface area (Å²) in [5.41, 5.74) is 2.49. The van der Waals surface area contributed by atoms with Crippen LogP contribution in [0.25, 0.3) is 0 Å². The van der Waals surface area contributed by atoms with E-state index in [1.54, 1.807) is 17.9 Å². The molecular weight excluding hydrogens is 236 g/mol. The van der Waals surface area contributed by atoms with Gasteiger partial charge in [0.2, 0.25) is 0 Å². The van der Waals surface area contributed by atoms with Gasteiger partial charge in [0.05, 0.1) is 18.9 Å². The molecule has 9 nitrogen and oxygen atoms in total. The first-order chi connectivity index (χ1) is 8.70. The van der Waals surface area contributed by atoms with Gasteiger partial charge in [0, 0.05) is 7.05 Å². The number of hydrogen-bond donors (Lipinski definition) is 3. The monoisotopic (exact) mass is 248 g/mol. The highest BCUT2D eigenvalue weighted by Gasteiger charge is 2.09. The maximum Gasteiger partial charge on any atom is 0.271 e. The number of nitrogens with one attached hydrogen (secondary N) is 2. The van der Waals surface area contributed by atoms with E-state index in [1.807, 2.05) is 0 Å². The van der Waals surface area contributed by atoms with Crippen LogP contribution in [0.1, 0.15) is 16.3 Å². The number of hydrazine groups is 1. The molecule has 0 fully saturated rings. The van der Waals surface area contributed by atoms with Gasteiger partial charge in [-0.05, 0) is 0 Å². The van der Waals surface area contributed by atoms with E-state index >= 15 is 0 Å². The fourth-order valence-electron chi connectivity index (χ4n) is 1.26. The maximum absolute atomic E-state index is 11.8. The van der Waals surface area contributed by atoms with Crippen molar-refractivity contribution in [2.24, 2.45) is 12.9 Å². The Balaban J connectivity index is 2.01. The van der Waals surface area contributed by atoms with Crippen molar-refractivity contribution in [3.8, 4) is 0 Å². The van der Waals surface area contributed by atoms with Crippen LogP contribution in [0.3, 0.4) is 0 Å². The van der Waals surface area contributed by atoms with Gasteiger partial charge in [-0.25, -0.2) is 10.8 Å². The van der Waals surface area contributed by atoms with E-state index in [0.29, 0.717) is 11.6 Å². The second-order valence-corrected chi connectivity index (χ2v) is 3.47. The van der Waals surface area contributed by atoms with E-state index in [-0.39, 0.29) is 18.1 Å². The van der Waals surface area contributed by atoms with E-state index < -0.39 is 0 Å². The molecule has 2 heterocycles. The number of rotatable bonds is 4. The summed E-state index contributed by atoms with van der Waals surface area (Å²) in [6, 6.07) is 0. The third kappa shape index (κ3) is 2.58. The molecule has 0 saturated carbocycles. The summed E-state index contributed by atoms with van der Waals surface area (Å²) in [6.07, 6.45) is 4.33. The molecule has 0 unspecified atom stereocenters. The number of nitrogens with zero attached hydrogens (tertiary/aromatic N) is 5. The number of anilines is 1. The summed E-state index contributed by atoms with van der Waals surface area (Å²) >= 11 is 0. The van der Waals surface area contributed by atoms with Gasteiger partial charge >= 0.3 is 0 Å². The highest BCUT2D eigenvalue weighted by Crippen LogP contribution is 2.00. The average Bonchev–Trinajstić information content (AvgIpc) is 2.81. The summed E-state index contributed by atoms with van der Waals surface area (Å²) in [5.74, 6) is 5.79.